The quantitative estimate of drug-likeness (QED) is 0.836. The summed E-state index contributed by atoms with van der Waals surface area (Å²) in [6.07, 6.45) is 5.31. The minimum atomic E-state index is -3.27. The number of thiophene rings is 1. The van der Waals surface area contributed by atoms with Gasteiger partial charge in [0.25, 0.3) is 10.0 Å². The molecule has 0 radical (unpaired) electrons. The minimum absolute atomic E-state index is 0.502. The number of nitrogens with zero attached hydrogens (tertiary/aromatic N) is 1. The fraction of sp³-hybridized carbons (Fsp3) is 0.733. The number of hydrogen-bond acceptors (Lipinski definition) is 4. The Morgan fingerprint density at radius 2 is 2.05 bits per heavy atom. The fourth-order valence-electron chi connectivity index (χ4n) is 2.85. The highest BCUT2D eigenvalue weighted by Crippen LogP contribution is 2.29. The largest absolute Gasteiger partial charge is 0.319 e. The third-order valence-electron chi connectivity index (χ3n) is 4.12. The zero-order valence-electron chi connectivity index (χ0n) is 13.0. The molecule has 1 N–H and O–H groups in total. The Kier molecular flexibility index (Phi) is 6.22. The van der Waals surface area contributed by atoms with Gasteiger partial charge in [-0.3, -0.25) is 0 Å². The highest BCUT2D eigenvalue weighted by atomic mass is 32.2. The van der Waals surface area contributed by atoms with E-state index in [9.17, 15) is 8.42 Å². The average molecular weight is 331 g/mol. The summed E-state index contributed by atoms with van der Waals surface area (Å²) >= 11 is 1.41. The Labute approximate surface area is 132 Å². The number of likely N-dealkylation sites (N-methyl/N-ethyl adjacent to an activating group) is 1. The Hall–Kier alpha value is -0.430. The van der Waals surface area contributed by atoms with E-state index in [1.807, 2.05) is 13.1 Å². The van der Waals surface area contributed by atoms with Crippen LogP contribution < -0.4 is 5.32 Å². The SMILES string of the molecule is CCCC1CCN(S(=O)(=O)c2ccc(CCNC)s2)CC1. The molecule has 0 unspecified atom stereocenters. The highest BCUT2D eigenvalue weighted by Gasteiger charge is 2.30. The zero-order chi connectivity index (χ0) is 15.3. The molecule has 120 valence electrons. The first-order valence-corrected chi connectivity index (χ1v) is 10.1. The van der Waals surface area contributed by atoms with Gasteiger partial charge in [0.15, 0.2) is 0 Å². The molecule has 21 heavy (non-hydrogen) atoms. The lowest BCUT2D eigenvalue weighted by molar-refractivity contribution is 0.263. The van der Waals surface area contributed by atoms with E-state index in [0.717, 1.165) is 30.7 Å². The van der Waals surface area contributed by atoms with E-state index in [1.165, 1.54) is 24.2 Å². The van der Waals surface area contributed by atoms with Gasteiger partial charge in [-0.15, -0.1) is 11.3 Å². The van der Waals surface area contributed by atoms with E-state index in [1.54, 1.807) is 10.4 Å². The lowest BCUT2D eigenvalue weighted by Crippen LogP contribution is -2.38. The number of sulfonamides is 1. The van der Waals surface area contributed by atoms with Gasteiger partial charge >= 0.3 is 0 Å². The second kappa shape index (κ2) is 7.72. The van der Waals surface area contributed by atoms with Crippen LogP contribution in [0.15, 0.2) is 16.3 Å². The van der Waals surface area contributed by atoms with Crippen LogP contribution >= 0.6 is 11.3 Å². The van der Waals surface area contributed by atoms with E-state index in [0.29, 0.717) is 23.2 Å². The van der Waals surface area contributed by atoms with Crippen LogP contribution in [0.4, 0.5) is 0 Å². The van der Waals surface area contributed by atoms with E-state index in [4.69, 9.17) is 0 Å². The topological polar surface area (TPSA) is 49.4 Å². The van der Waals surface area contributed by atoms with Crippen LogP contribution in [-0.2, 0) is 16.4 Å². The zero-order valence-corrected chi connectivity index (χ0v) is 14.6. The van der Waals surface area contributed by atoms with Gasteiger partial charge in [0.05, 0.1) is 0 Å². The molecule has 2 heterocycles. The molecule has 1 saturated heterocycles. The van der Waals surface area contributed by atoms with Crippen molar-refractivity contribution >= 4 is 21.4 Å². The van der Waals surface area contributed by atoms with Crippen LogP contribution in [0.1, 0.15) is 37.5 Å². The first kappa shape index (κ1) is 16.9. The monoisotopic (exact) mass is 330 g/mol. The van der Waals surface area contributed by atoms with E-state index in [2.05, 4.69) is 12.2 Å². The predicted octanol–water partition coefficient (Wildman–Crippen LogP) is 2.71. The second-order valence-corrected chi connectivity index (χ2v) is 9.04. The molecule has 1 aliphatic heterocycles. The summed E-state index contributed by atoms with van der Waals surface area (Å²) in [5, 5.41) is 3.09. The molecule has 1 aromatic rings. The van der Waals surface area contributed by atoms with Crippen LogP contribution in [0, 0.1) is 5.92 Å². The third kappa shape index (κ3) is 4.28. The Balaban J connectivity index is 2.00. The lowest BCUT2D eigenvalue weighted by atomic mass is 9.94. The Morgan fingerprint density at radius 1 is 1.33 bits per heavy atom. The third-order valence-corrected chi connectivity index (χ3v) is 7.63. The van der Waals surface area contributed by atoms with Gasteiger partial charge in [0.1, 0.15) is 4.21 Å². The van der Waals surface area contributed by atoms with Crippen molar-refractivity contribution < 1.29 is 8.42 Å². The molecule has 1 aliphatic rings. The standard InChI is InChI=1S/C15H26N2O2S2/c1-3-4-13-8-11-17(12-9-13)21(18,19)15-6-5-14(20-15)7-10-16-2/h5-6,13,16H,3-4,7-12H2,1-2H3. The van der Waals surface area contributed by atoms with Crippen molar-refractivity contribution in [3.8, 4) is 0 Å². The van der Waals surface area contributed by atoms with Crippen molar-refractivity contribution in [2.45, 2.75) is 43.2 Å². The Bertz CT molecular complexity index is 532. The number of piperidine rings is 1. The molecule has 4 nitrogen and oxygen atoms in total. The van der Waals surface area contributed by atoms with E-state index in [-0.39, 0.29) is 0 Å². The molecule has 0 aromatic carbocycles. The van der Waals surface area contributed by atoms with Gasteiger partial charge in [0.2, 0.25) is 0 Å². The van der Waals surface area contributed by atoms with Crippen molar-refractivity contribution in [2.24, 2.45) is 5.92 Å². The maximum absolute atomic E-state index is 12.7. The fourth-order valence-corrected chi connectivity index (χ4v) is 5.83. The normalized spacial score (nSPS) is 18.2. The summed E-state index contributed by atoms with van der Waals surface area (Å²) < 4.78 is 27.5. The number of nitrogens with one attached hydrogen (secondary N) is 1. The van der Waals surface area contributed by atoms with Crippen LogP contribution in [0.3, 0.4) is 0 Å². The molecular weight excluding hydrogens is 304 g/mol. The average Bonchev–Trinajstić information content (AvgIpc) is 2.96. The van der Waals surface area contributed by atoms with Crippen molar-refractivity contribution in [1.29, 1.82) is 0 Å². The van der Waals surface area contributed by atoms with Gasteiger partial charge in [0, 0.05) is 18.0 Å². The molecule has 0 amide bonds. The smallest absolute Gasteiger partial charge is 0.252 e. The van der Waals surface area contributed by atoms with Gasteiger partial charge in [-0.25, -0.2) is 8.42 Å². The highest BCUT2D eigenvalue weighted by molar-refractivity contribution is 7.91. The second-order valence-electron chi connectivity index (χ2n) is 5.71. The van der Waals surface area contributed by atoms with Crippen molar-refractivity contribution in [3.63, 3.8) is 0 Å². The maximum atomic E-state index is 12.7. The molecule has 1 aromatic heterocycles. The Morgan fingerprint density at radius 3 is 2.67 bits per heavy atom. The maximum Gasteiger partial charge on any atom is 0.252 e. The van der Waals surface area contributed by atoms with Gasteiger partial charge in [-0.05, 0) is 50.9 Å². The van der Waals surface area contributed by atoms with Crippen molar-refractivity contribution in [1.82, 2.24) is 9.62 Å². The molecular formula is C15H26N2O2S2. The molecule has 6 heteroatoms. The minimum Gasteiger partial charge on any atom is -0.319 e. The molecule has 0 spiro atoms. The summed E-state index contributed by atoms with van der Waals surface area (Å²) in [4.78, 5) is 1.13. The predicted molar refractivity (Wildman–Crippen MR) is 88.3 cm³/mol. The first-order chi connectivity index (χ1) is 10.1. The lowest BCUT2D eigenvalue weighted by Gasteiger charge is -2.30. The first-order valence-electron chi connectivity index (χ1n) is 7.81. The van der Waals surface area contributed by atoms with E-state index >= 15 is 0 Å². The van der Waals surface area contributed by atoms with Gasteiger partial charge in [-0.2, -0.15) is 4.31 Å². The number of rotatable bonds is 7. The molecule has 2 rings (SSSR count). The summed E-state index contributed by atoms with van der Waals surface area (Å²) in [6, 6.07) is 3.71. The summed E-state index contributed by atoms with van der Waals surface area (Å²) in [7, 11) is -1.36. The summed E-state index contributed by atoms with van der Waals surface area (Å²) in [6.45, 7) is 4.43. The van der Waals surface area contributed by atoms with Crippen LogP contribution in [0.25, 0.3) is 0 Å². The van der Waals surface area contributed by atoms with Crippen LogP contribution in [0.5, 0.6) is 0 Å². The van der Waals surface area contributed by atoms with Crippen molar-refractivity contribution in [2.75, 3.05) is 26.7 Å². The van der Waals surface area contributed by atoms with Gasteiger partial charge < -0.3 is 5.32 Å². The van der Waals surface area contributed by atoms with Crippen LogP contribution in [0.2, 0.25) is 0 Å². The molecule has 0 atom stereocenters. The molecule has 0 saturated carbocycles. The summed E-state index contributed by atoms with van der Waals surface area (Å²) in [5.74, 6) is 0.705. The number of hydrogen-bond donors (Lipinski definition) is 1. The van der Waals surface area contributed by atoms with E-state index < -0.39 is 10.0 Å². The molecule has 1 fully saturated rings. The van der Waals surface area contributed by atoms with Gasteiger partial charge in [-0.1, -0.05) is 19.8 Å². The molecule has 0 aliphatic carbocycles. The summed E-state index contributed by atoms with van der Waals surface area (Å²) in [5.41, 5.74) is 0. The van der Waals surface area contributed by atoms with Crippen LogP contribution in [-0.4, -0.2) is 39.4 Å². The molecule has 0 bridgehead atoms. The van der Waals surface area contributed by atoms with Crippen molar-refractivity contribution in [3.05, 3.63) is 17.0 Å².